The number of Topliss-reactive ketones (excluding diaryl/α,β-unsaturated/α-hetero) is 1. The van der Waals surface area contributed by atoms with E-state index in [1.807, 2.05) is 0 Å². The third-order valence-electron chi connectivity index (χ3n) is 3.56. The number of benzene rings is 1. The third kappa shape index (κ3) is 3.45. The number of likely N-dealkylation sites (tertiary alicyclic amines) is 1. The van der Waals surface area contributed by atoms with Crippen molar-refractivity contribution in [3.63, 3.8) is 0 Å². The van der Waals surface area contributed by atoms with Crippen LogP contribution in [0.4, 0.5) is 4.39 Å². The molecule has 1 saturated heterocycles. The Morgan fingerprint density at radius 3 is 2.76 bits per heavy atom. The molecule has 1 aromatic rings. The molecule has 112 valence electrons. The molecule has 21 heavy (non-hydrogen) atoms. The number of amides is 1. The maximum atomic E-state index is 13.5. The molecule has 1 amide bonds. The van der Waals surface area contributed by atoms with Gasteiger partial charge in [-0.05, 0) is 11.6 Å². The average Bonchev–Trinajstić information content (AvgIpc) is 2.49. The molecule has 0 bridgehead atoms. The summed E-state index contributed by atoms with van der Waals surface area (Å²) in [5.74, 6) is -2.54. The predicted octanol–water partition coefficient (Wildman–Crippen LogP) is 0.959. The molecular weight excluding hydrogens is 277 g/mol. The monoisotopic (exact) mass is 293 g/mol. The minimum absolute atomic E-state index is 0.00120. The second-order valence-corrected chi connectivity index (χ2v) is 4.90. The smallest absolute Gasteiger partial charge is 0.318 e. The van der Waals surface area contributed by atoms with Gasteiger partial charge in [0.25, 0.3) is 0 Å². The van der Waals surface area contributed by atoms with Gasteiger partial charge in [-0.3, -0.25) is 14.4 Å². The molecule has 0 spiro atoms. The summed E-state index contributed by atoms with van der Waals surface area (Å²) < 4.78 is 18.1. The van der Waals surface area contributed by atoms with Gasteiger partial charge in [-0.1, -0.05) is 18.2 Å². The molecule has 1 fully saturated rings. The number of rotatable bonds is 3. The molecule has 1 unspecified atom stereocenters. The van der Waals surface area contributed by atoms with Gasteiger partial charge < -0.3 is 9.64 Å². The van der Waals surface area contributed by atoms with Gasteiger partial charge in [0.05, 0.1) is 13.5 Å². The zero-order valence-corrected chi connectivity index (χ0v) is 11.7. The molecule has 2 rings (SSSR count). The van der Waals surface area contributed by atoms with Crippen LogP contribution in [0.25, 0.3) is 0 Å². The lowest BCUT2D eigenvalue weighted by Gasteiger charge is -2.30. The molecular formula is C15H16FNO4. The van der Waals surface area contributed by atoms with Gasteiger partial charge in [-0.25, -0.2) is 4.39 Å². The lowest BCUT2D eigenvalue weighted by molar-refractivity contribution is -0.153. The molecule has 1 heterocycles. The van der Waals surface area contributed by atoms with Gasteiger partial charge in [0.15, 0.2) is 5.78 Å². The molecule has 5 nitrogen and oxygen atoms in total. The molecule has 0 saturated carbocycles. The van der Waals surface area contributed by atoms with Gasteiger partial charge >= 0.3 is 5.97 Å². The molecule has 6 heteroatoms. The Morgan fingerprint density at radius 2 is 2.10 bits per heavy atom. The Hall–Kier alpha value is -2.24. The van der Waals surface area contributed by atoms with Crippen LogP contribution in [0.2, 0.25) is 0 Å². The molecule has 1 atom stereocenters. The van der Waals surface area contributed by atoms with Crippen molar-refractivity contribution in [2.45, 2.75) is 12.8 Å². The minimum atomic E-state index is -0.937. The van der Waals surface area contributed by atoms with E-state index < -0.39 is 17.7 Å². The van der Waals surface area contributed by atoms with Crippen LogP contribution in [0.3, 0.4) is 0 Å². The van der Waals surface area contributed by atoms with Gasteiger partial charge in [-0.15, -0.1) is 0 Å². The Kier molecular flexibility index (Phi) is 4.67. The fourth-order valence-electron chi connectivity index (χ4n) is 2.32. The van der Waals surface area contributed by atoms with Crippen molar-refractivity contribution < 1.29 is 23.5 Å². The summed E-state index contributed by atoms with van der Waals surface area (Å²) in [4.78, 5) is 36.8. The highest BCUT2D eigenvalue weighted by Crippen LogP contribution is 2.16. The van der Waals surface area contributed by atoms with E-state index in [1.165, 1.54) is 18.1 Å². The number of ketones is 1. The molecule has 0 N–H and O–H groups in total. The molecule has 0 aliphatic carbocycles. The maximum absolute atomic E-state index is 13.5. The number of nitrogens with zero attached hydrogens (tertiary/aromatic N) is 1. The Balaban J connectivity index is 2.05. The number of methoxy groups -OCH3 is 1. The standard InChI is InChI=1S/C15H16FNO4/c1-21-15(20)11-9-17(7-6-13(11)18)14(19)8-10-4-2-3-5-12(10)16/h2-5,11H,6-9H2,1H3. The largest absolute Gasteiger partial charge is 0.468 e. The second-order valence-electron chi connectivity index (χ2n) is 4.90. The van der Waals surface area contributed by atoms with E-state index >= 15 is 0 Å². The first-order valence-corrected chi connectivity index (χ1v) is 6.64. The molecule has 0 aromatic heterocycles. The number of carbonyl (C=O) groups is 3. The summed E-state index contributed by atoms with van der Waals surface area (Å²) >= 11 is 0. The Labute approximate surface area is 121 Å². The van der Waals surface area contributed by atoms with Crippen LogP contribution in [0.15, 0.2) is 24.3 Å². The first-order valence-electron chi connectivity index (χ1n) is 6.64. The van der Waals surface area contributed by atoms with Crippen molar-refractivity contribution in [1.82, 2.24) is 4.90 Å². The highest BCUT2D eigenvalue weighted by molar-refractivity contribution is 6.00. The molecule has 0 radical (unpaired) electrons. The van der Waals surface area contributed by atoms with Gasteiger partial charge in [0.2, 0.25) is 5.91 Å². The fraction of sp³-hybridized carbons (Fsp3) is 0.400. The van der Waals surface area contributed by atoms with Crippen LogP contribution in [0.5, 0.6) is 0 Å². The quantitative estimate of drug-likeness (QED) is 0.615. The van der Waals surface area contributed by atoms with E-state index in [4.69, 9.17) is 0 Å². The zero-order valence-electron chi connectivity index (χ0n) is 11.7. The zero-order chi connectivity index (χ0) is 15.4. The lowest BCUT2D eigenvalue weighted by atomic mass is 9.96. The number of hydrogen-bond acceptors (Lipinski definition) is 4. The van der Waals surface area contributed by atoms with Gasteiger partial charge in [0, 0.05) is 19.5 Å². The van der Waals surface area contributed by atoms with E-state index in [2.05, 4.69) is 4.74 Å². The van der Waals surface area contributed by atoms with Crippen LogP contribution < -0.4 is 0 Å². The summed E-state index contributed by atoms with van der Waals surface area (Å²) in [6.45, 7) is 0.248. The topological polar surface area (TPSA) is 63.7 Å². The summed E-state index contributed by atoms with van der Waals surface area (Å²) in [6.07, 6.45) is 0.0253. The normalized spacial score (nSPS) is 18.5. The first-order chi connectivity index (χ1) is 10.0. The third-order valence-corrected chi connectivity index (χ3v) is 3.56. The van der Waals surface area contributed by atoms with Crippen LogP contribution in [0, 0.1) is 11.7 Å². The second kappa shape index (κ2) is 6.47. The number of esters is 1. The maximum Gasteiger partial charge on any atom is 0.318 e. The van der Waals surface area contributed by atoms with Crippen molar-refractivity contribution in [3.8, 4) is 0 Å². The van der Waals surface area contributed by atoms with Gasteiger partial charge in [0.1, 0.15) is 11.7 Å². The van der Waals surface area contributed by atoms with Crippen molar-refractivity contribution in [2.75, 3.05) is 20.2 Å². The summed E-state index contributed by atoms with van der Waals surface area (Å²) in [7, 11) is 1.20. The van der Waals surface area contributed by atoms with E-state index in [9.17, 15) is 18.8 Å². The summed E-state index contributed by atoms with van der Waals surface area (Å²) in [6, 6.07) is 6.04. The van der Waals surface area contributed by atoms with Crippen LogP contribution in [-0.2, 0) is 25.5 Å². The first kappa shape index (κ1) is 15.2. The Morgan fingerprint density at radius 1 is 1.38 bits per heavy atom. The van der Waals surface area contributed by atoms with Gasteiger partial charge in [-0.2, -0.15) is 0 Å². The van der Waals surface area contributed by atoms with E-state index in [0.29, 0.717) is 5.56 Å². The van der Waals surface area contributed by atoms with E-state index in [0.717, 1.165) is 0 Å². The minimum Gasteiger partial charge on any atom is -0.468 e. The van der Waals surface area contributed by atoms with Crippen molar-refractivity contribution in [3.05, 3.63) is 35.6 Å². The summed E-state index contributed by atoms with van der Waals surface area (Å²) in [5, 5.41) is 0. The molecule has 1 aromatic carbocycles. The van der Waals surface area contributed by atoms with Crippen molar-refractivity contribution in [1.29, 1.82) is 0 Å². The lowest BCUT2D eigenvalue weighted by Crippen LogP contribution is -2.47. The number of halogens is 1. The number of carbonyl (C=O) groups excluding carboxylic acids is 3. The average molecular weight is 293 g/mol. The summed E-state index contributed by atoms with van der Waals surface area (Å²) in [5.41, 5.74) is 0.300. The highest BCUT2D eigenvalue weighted by atomic mass is 19.1. The van der Waals surface area contributed by atoms with Crippen LogP contribution in [-0.4, -0.2) is 42.8 Å². The van der Waals surface area contributed by atoms with E-state index in [1.54, 1.807) is 18.2 Å². The number of piperidine rings is 1. The Bertz CT molecular complexity index is 565. The highest BCUT2D eigenvalue weighted by Gasteiger charge is 2.35. The molecule has 1 aliphatic heterocycles. The fourth-order valence-corrected chi connectivity index (χ4v) is 2.32. The number of hydrogen-bond donors (Lipinski definition) is 0. The van der Waals surface area contributed by atoms with Crippen LogP contribution >= 0.6 is 0 Å². The van der Waals surface area contributed by atoms with Crippen molar-refractivity contribution >= 4 is 17.7 Å². The number of ether oxygens (including phenoxy) is 1. The van der Waals surface area contributed by atoms with Crippen molar-refractivity contribution in [2.24, 2.45) is 5.92 Å². The SMILES string of the molecule is COC(=O)C1CN(C(=O)Cc2ccccc2F)CCC1=O. The predicted molar refractivity (Wildman–Crippen MR) is 71.8 cm³/mol. The van der Waals surface area contributed by atoms with Crippen LogP contribution in [0.1, 0.15) is 12.0 Å². The molecule has 1 aliphatic rings. The van der Waals surface area contributed by atoms with E-state index in [-0.39, 0.29) is 37.6 Å².